The molecule has 8 heteroatoms. The molecule has 0 saturated carbocycles. The largest absolute Gasteiger partial charge is 0.483 e. The number of hydrogen-bond donors (Lipinski definition) is 2. The van der Waals surface area contributed by atoms with Crippen LogP contribution in [0, 0.1) is 11.6 Å². The molecule has 0 radical (unpaired) electrons. The first kappa shape index (κ1) is 21.2. The molecule has 0 fully saturated rings. The molecule has 3 aromatic rings. The number of carbonyl (C=O) groups excluding carboxylic acids is 1. The third-order valence-electron chi connectivity index (χ3n) is 4.40. The highest BCUT2D eigenvalue weighted by molar-refractivity contribution is 5.75. The van der Waals surface area contributed by atoms with Crippen molar-refractivity contribution in [3.63, 3.8) is 0 Å². The summed E-state index contributed by atoms with van der Waals surface area (Å²) in [5.74, 6) is -1.27. The Balaban J connectivity index is 1.69. The standard InChI is InChI=1S/C22H20F2N2O4/c23-17-7-5-15(6-8-17)10-25-22(29)12-26-11-21(20(28)9-18(26)13-27)30-14-16-3-1-2-4-19(16)24/h1-9,11,27H,10,12-14H2,(H,25,29). The number of rotatable bonds is 8. The summed E-state index contributed by atoms with van der Waals surface area (Å²) in [6, 6.07) is 12.9. The fourth-order valence-electron chi connectivity index (χ4n) is 2.77. The molecular weight excluding hydrogens is 394 g/mol. The molecule has 6 nitrogen and oxygen atoms in total. The number of hydrogen-bond acceptors (Lipinski definition) is 4. The Kier molecular flexibility index (Phi) is 6.92. The minimum atomic E-state index is -0.488. The van der Waals surface area contributed by atoms with E-state index in [9.17, 15) is 23.5 Å². The molecule has 0 bridgehead atoms. The zero-order chi connectivity index (χ0) is 21.5. The number of halogens is 2. The zero-order valence-electron chi connectivity index (χ0n) is 16.0. The lowest BCUT2D eigenvalue weighted by Crippen LogP contribution is -2.29. The van der Waals surface area contributed by atoms with Gasteiger partial charge in [0.2, 0.25) is 11.3 Å². The third kappa shape index (κ3) is 5.51. The number of benzene rings is 2. The van der Waals surface area contributed by atoms with E-state index in [1.54, 1.807) is 30.3 Å². The van der Waals surface area contributed by atoms with Crippen molar-refractivity contribution in [2.45, 2.75) is 26.3 Å². The van der Waals surface area contributed by atoms with Crippen LogP contribution in [0.15, 0.2) is 65.6 Å². The molecule has 0 unspecified atom stereocenters. The number of aromatic nitrogens is 1. The SMILES string of the molecule is O=C(Cn1cc(OCc2ccccc2F)c(=O)cc1CO)NCc1ccc(F)cc1. The van der Waals surface area contributed by atoms with Crippen molar-refractivity contribution in [2.24, 2.45) is 0 Å². The number of pyridine rings is 1. The van der Waals surface area contributed by atoms with E-state index >= 15 is 0 Å². The quantitative estimate of drug-likeness (QED) is 0.594. The Labute approximate surface area is 171 Å². The Morgan fingerprint density at radius 2 is 1.83 bits per heavy atom. The van der Waals surface area contributed by atoms with E-state index in [2.05, 4.69) is 5.32 Å². The van der Waals surface area contributed by atoms with Crippen molar-refractivity contribution in [3.05, 3.63) is 99.5 Å². The van der Waals surface area contributed by atoms with E-state index in [0.29, 0.717) is 0 Å². The highest BCUT2D eigenvalue weighted by atomic mass is 19.1. The minimum Gasteiger partial charge on any atom is -0.483 e. The van der Waals surface area contributed by atoms with Crippen LogP contribution in [0.1, 0.15) is 16.8 Å². The lowest BCUT2D eigenvalue weighted by molar-refractivity contribution is -0.121. The van der Waals surface area contributed by atoms with Crippen LogP contribution in [0.2, 0.25) is 0 Å². The molecule has 0 aliphatic heterocycles. The number of amides is 1. The number of nitrogens with one attached hydrogen (secondary N) is 1. The van der Waals surface area contributed by atoms with Gasteiger partial charge in [0.05, 0.1) is 12.8 Å². The van der Waals surface area contributed by atoms with Gasteiger partial charge < -0.3 is 19.7 Å². The number of aliphatic hydroxyl groups excluding tert-OH is 1. The predicted octanol–water partition coefficient (Wildman–Crippen LogP) is 2.51. The van der Waals surface area contributed by atoms with Gasteiger partial charge >= 0.3 is 0 Å². The van der Waals surface area contributed by atoms with Crippen LogP contribution in [0.4, 0.5) is 8.78 Å². The van der Waals surface area contributed by atoms with Gasteiger partial charge in [0.1, 0.15) is 24.8 Å². The highest BCUT2D eigenvalue weighted by Gasteiger charge is 2.12. The van der Waals surface area contributed by atoms with Gasteiger partial charge in [-0.15, -0.1) is 0 Å². The summed E-state index contributed by atoms with van der Waals surface area (Å²) in [4.78, 5) is 24.5. The number of carbonyl (C=O) groups is 1. The molecule has 30 heavy (non-hydrogen) atoms. The summed E-state index contributed by atoms with van der Waals surface area (Å²) in [5, 5.41) is 12.2. The van der Waals surface area contributed by atoms with Gasteiger partial charge in [-0.1, -0.05) is 30.3 Å². The number of aliphatic hydroxyl groups is 1. The summed E-state index contributed by atoms with van der Waals surface area (Å²) in [6.45, 7) is -0.580. The summed E-state index contributed by atoms with van der Waals surface area (Å²) in [6.07, 6.45) is 1.31. The average Bonchev–Trinajstić information content (AvgIpc) is 2.74. The van der Waals surface area contributed by atoms with Gasteiger partial charge in [-0.2, -0.15) is 0 Å². The molecule has 3 rings (SSSR count). The van der Waals surface area contributed by atoms with Crippen LogP contribution in [0.25, 0.3) is 0 Å². The second-order valence-corrected chi connectivity index (χ2v) is 6.56. The Morgan fingerprint density at radius 3 is 2.53 bits per heavy atom. The second kappa shape index (κ2) is 9.80. The predicted molar refractivity (Wildman–Crippen MR) is 106 cm³/mol. The van der Waals surface area contributed by atoms with Crippen LogP contribution >= 0.6 is 0 Å². The molecule has 0 aliphatic rings. The molecule has 2 aromatic carbocycles. The van der Waals surface area contributed by atoms with Crippen molar-refractivity contribution in [3.8, 4) is 5.75 Å². The maximum Gasteiger partial charge on any atom is 0.240 e. The molecule has 0 aliphatic carbocycles. The number of ether oxygens (including phenoxy) is 1. The van der Waals surface area contributed by atoms with Gasteiger partial charge in [0.25, 0.3) is 0 Å². The van der Waals surface area contributed by atoms with Crippen molar-refractivity contribution in [1.29, 1.82) is 0 Å². The van der Waals surface area contributed by atoms with E-state index in [4.69, 9.17) is 4.74 Å². The molecule has 1 heterocycles. The van der Waals surface area contributed by atoms with Gasteiger partial charge in [0, 0.05) is 23.9 Å². The van der Waals surface area contributed by atoms with E-state index in [1.807, 2.05) is 0 Å². The van der Waals surface area contributed by atoms with Crippen LogP contribution in [0.3, 0.4) is 0 Å². The van der Waals surface area contributed by atoms with Gasteiger partial charge in [-0.05, 0) is 23.8 Å². The normalized spacial score (nSPS) is 10.6. The highest BCUT2D eigenvalue weighted by Crippen LogP contribution is 2.12. The lowest BCUT2D eigenvalue weighted by atomic mass is 10.2. The fraction of sp³-hybridized carbons (Fsp3) is 0.182. The first-order chi connectivity index (χ1) is 14.5. The van der Waals surface area contributed by atoms with Gasteiger partial charge in [0.15, 0.2) is 5.75 Å². The molecule has 0 atom stereocenters. The average molecular weight is 414 g/mol. The molecule has 1 amide bonds. The molecule has 156 valence electrons. The maximum atomic E-state index is 13.7. The van der Waals surface area contributed by atoms with E-state index in [1.165, 1.54) is 35.0 Å². The van der Waals surface area contributed by atoms with E-state index < -0.39 is 17.9 Å². The van der Waals surface area contributed by atoms with Gasteiger partial charge in [-0.3, -0.25) is 9.59 Å². The van der Waals surface area contributed by atoms with Crippen molar-refractivity contribution in [2.75, 3.05) is 0 Å². The molecule has 1 aromatic heterocycles. The van der Waals surface area contributed by atoms with Crippen molar-refractivity contribution < 1.29 is 23.4 Å². The second-order valence-electron chi connectivity index (χ2n) is 6.56. The Morgan fingerprint density at radius 1 is 1.10 bits per heavy atom. The summed E-state index contributed by atoms with van der Waals surface area (Å²) in [7, 11) is 0. The summed E-state index contributed by atoms with van der Waals surface area (Å²) in [5.41, 5.74) is 0.751. The molecular formula is C22H20F2N2O4. The Bertz CT molecular complexity index is 1080. The monoisotopic (exact) mass is 414 g/mol. The lowest BCUT2D eigenvalue weighted by Gasteiger charge is -2.14. The minimum absolute atomic E-state index is 0.0678. The molecule has 0 spiro atoms. The molecule has 0 saturated heterocycles. The topological polar surface area (TPSA) is 80.6 Å². The van der Waals surface area contributed by atoms with E-state index in [-0.39, 0.29) is 48.4 Å². The van der Waals surface area contributed by atoms with E-state index in [0.717, 1.165) is 5.56 Å². The van der Waals surface area contributed by atoms with Crippen LogP contribution in [0.5, 0.6) is 5.75 Å². The van der Waals surface area contributed by atoms with Crippen LogP contribution in [-0.2, 0) is 31.1 Å². The third-order valence-corrected chi connectivity index (χ3v) is 4.40. The smallest absolute Gasteiger partial charge is 0.240 e. The van der Waals surface area contributed by atoms with Crippen LogP contribution < -0.4 is 15.5 Å². The molecule has 2 N–H and O–H groups in total. The van der Waals surface area contributed by atoms with Crippen molar-refractivity contribution >= 4 is 5.91 Å². The van der Waals surface area contributed by atoms with Gasteiger partial charge in [-0.25, -0.2) is 8.78 Å². The first-order valence-electron chi connectivity index (χ1n) is 9.18. The van der Waals surface area contributed by atoms with Crippen LogP contribution in [-0.4, -0.2) is 15.6 Å². The zero-order valence-corrected chi connectivity index (χ0v) is 16.0. The summed E-state index contributed by atoms with van der Waals surface area (Å²) < 4.78 is 33.5. The number of nitrogens with zero attached hydrogens (tertiary/aromatic N) is 1. The van der Waals surface area contributed by atoms with Crippen molar-refractivity contribution in [1.82, 2.24) is 9.88 Å². The summed E-state index contributed by atoms with van der Waals surface area (Å²) >= 11 is 0. The fourth-order valence-corrected chi connectivity index (χ4v) is 2.77. The maximum absolute atomic E-state index is 13.7. The Hall–Kier alpha value is -3.52. The first-order valence-corrected chi connectivity index (χ1v) is 9.18.